The van der Waals surface area contributed by atoms with Crippen molar-refractivity contribution >= 4 is 22.4 Å². The first kappa shape index (κ1) is 16.1. The molecule has 0 fully saturated rings. The Morgan fingerprint density at radius 2 is 1.75 bits per heavy atom. The van der Waals surface area contributed by atoms with E-state index in [9.17, 15) is 22.4 Å². The number of thiazole rings is 1. The molecular weight excluding hydrogens is 344 g/mol. The van der Waals surface area contributed by atoms with Gasteiger partial charge in [-0.1, -0.05) is 0 Å². The molecule has 2 aromatic carbocycles. The second kappa shape index (κ2) is 6.40. The van der Waals surface area contributed by atoms with Crippen molar-refractivity contribution in [3.8, 4) is 11.3 Å². The van der Waals surface area contributed by atoms with Crippen LogP contribution in [0.3, 0.4) is 0 Å². The molecule has 3 aromatic rings. The van der Waals surface area contributed by atoms with Crippen molar-refractivity contribution in [1.82, 2.24) is 4.98 Å². The van der Waals surface area contributed by atoms with Crippen LogP contribution in [0, 0.1) is 23.3 Å². The summed E-state index contributed by atoms with van der Waals surface area (Å²) in [4.78, 5) is 16.0. The van der Waals surface area contributed by atoms with Gasteiger partial charge in [0, 0.05) is 17.0 Å². The van der Waals surface area contributed by atoms with Gasteiger partial charge in [-0.2, -0.15) is 0 Å². The van der Waals surface area contributed by atoms with E-state index in [2.05, 4.69) is 10.3 Å². The van der Waals surface area contributed by atoms with Gasteiger partial charge >= 0.3 is 0 Å². The SMILES string of the molecule is O=C(Nc1nc(-c2ccc(F)c(F)c2)cs1)c1ccc(F)cc1F. The van der Waals surface area contributed by atoms with Gasteiger partial charge in [0.2, 0.25) is 0 Å². The molecule has 0 unspecified atom stereocenters. The van der Waals surface area contributed by atoms with Crippen molar-refractivity contribution in [3.05, 3.63) is 70.6 Å². The van der Waals surface area contributed by atoms with Crippen LogP contribution in [0.2, 0.25) is 0 Å². The number of rotatable bonds is 3. The zero-order valence-electron chi connectivity index (χ0n) is 11.8. The number of anilines is 1. The molecule has 1 N–H and O–H groups in total. The van der Waals surface area contributed by atoms with Crippen molar-refractivity contribution < 1.29 is 22.4 Å². The van der Waals surface area contributed by atoms with Gasteiger partial charge in [0.15, 0.2) is 16.8 Å². The Balaban J connectivity index is 1.80. The lowest BCUT2D eigenvalue weighted by atomic mass is 10.2. The maximum absolute atomic E-state index is 13.6. The standard InChI is InChI=1S/C16H8F4N2OS/c17-9-2-3-10(12(19)6-9)15(23)22-16-21-14(7-24-16)8-1-4-11(18)13(20)5-8/h1-7H,(H,21,22,23). The molecule has 1 amide bonds. The molecule has 0 radical (unpaired) electrons. The van der Waals surface area contributed by atoms with E-state index in [4.69, 9.17) is 0 Å². The smallest absolute Gasteiger partial charge is 0.260 e. The van der Waals surface area contributed by atoms with E-state index in [-0.39, 0.29) is 10.7 Å². The predicted octanol–water partition coefficient (Wildman–Crippen LogP) is 4.62. The molecule has 8 heteroatoms. The van der Waals surface area contributed by atoms with E-state index in [1.807, 2.05) is 0 Å². The number of hydrogen-bond donors (Lipinski definition) is 1. The van der Waals surface area contributed by atoms with E-state index in [1.54, 1.807) is 0 Å². The molecule has 0 saturated heterocycles. The van der Waals surface area contributed by atoms with E-state index in [1.165, 1.54) is 11.4 Å². The number of benzene rings is 2. The third-order valence-corrected chi connectivity index (χ3v) is 3.87. The average Bonchev–Trinajstić information content (AvgIpc) is 2.98. The topological polar surface area (TPSA) is 42.0 Å². The van der Waals surface area contributed by atoms with Gasteiger partial charge in [0.1, 0.15) is 11.6 Å². The number of carbonyl (C=O) groups excluding carboxylic acids is 1. The summed E-state index contributed by atoms with van der Waals surface area (Å²) in [6.07, 6.45) is 0. The summed E-state index contributed by atoms with van der Waals surface area (Å²) >= 11 is 1.03. The Labute approximate surface area is 137 Å². The van der Waals surface area contributed by atoms with Crippen LogP contribution in [0.5, 0.6) is 0 Å². The quantitative estimate of drug-likeness (QED) is 0.699. The first-order valence-corrected chi connectivity index (χ1v) is 7.49. The molecular formula is C16H8F4N2OS. The largest absolute Gasteiger partial charge is 0.298 e. The zero-order valence-corrected chi connectivity index (χ0v) is 12.6. The first-order chi connectivity index (χ1) is 11.4. The van der Waals surface area contributed by atoms with Gasteiger partial charge in [0.05, 0.1) is 11.3 Å². The summed E-state index contributed by atoms with van der Waals surface area (Å²) in [5.41, 5.74) is 0.327. The first-order valence-electron chi connectivity index (χ1n) is 6.61. The fourth-order valence-electron chi connectivity index (χ4n) is 1.96. The normalized spacial score (nSPS) is 10.7. The number of halogens is 4. The summed E-state index contributed by atoms with van der Waals surface area (Å²) in [7, 11) is 0. The van der Waals surface area contributed by atoms with Crippen molar-refractivity contribution in [2.24, 2.45) is 0 Å². The Hall–Kier alpha value is -2.74. The molecule has 0 bridgehead atoms. The van der Waals surface area contributed by atoms with E-state index in [0.29, 0.717) is 17.3 Å². The molecule has 0 spiro atoms. The molecule has 0 aliphatic rings. The van der Waals surface area contributed by atoms with Crippen molar-refractivity contribution in [2.75, 3.05) is 5.32 Å². The Kier molecular flexibility index (Phi) is 4.30. The van der Waals surface area contributed by atoms with E-state index >= 15 is 0 Å². The summed E-state index contributed by atoms with van der Waals surface area (Å²) in [5, 5.41) is 4.05. The molecule has 0 saturated carbocycles. The van der Waals surface area contributed by atoms with Crippen LogP contribution in [-0.4, -0.2) is 10.9 Å². The van der Waals surface area contributed by atoms with E-state index < -0.39 is 29.2 Å². The molecule has 1 heterocycles. The highest BCUT2D eigenvalue weighted by Gasteiger charge is 2.15. The minimum atomic E-state index is -1.01. The molecule has 3 rings (SSSR count). The molecule has 122 valence electrons. The van der Waals surface area contributed by atoms with Gasteiger partial charge in [-0.05, 0) is 30.3 Å². The maximum atomic E-state index is 13.6. The van der Waals surface area contributed by atoms with Crippen LogP contribution >= 0.6 is 11.3 Å². The number of nitrogens with one attached hydrogen (secondary N) is 1. The third-order valence-electron chi connectivity index (χ3n) is 3.12. The van der Waals surface area contributed by atoms with Crippen LogP contribution in [0.25, 0.3) is 11.3 Å². The van der Waals surface area contributed by atoms with Crippen molar-refractivity contribution in [3.63, 3.8) is 0 Å². The maximum Gasteiger partial charge on any atom is 0.260 e. The molecule has 24 heavy (non-hydrogen) atoms. The molecule has 3 nitrogen and oxygen atoms in total. The Morgan fingerprint density at radius 1 is 0.958 bits per heavy atom. The third kappa shape index (κ3) is 3.28. The number of aromatic nitrogens is 1. The second-order valence-corrected chi connectivity index (χ2v) is 5.60. The summed E-state index contributed by atoms with van der Waals surface area (Å²) in [5.74, 6) is -4.57. The van der Waals surface area contributed by atoms with Gasteiger partial charge in [0.25, 0.3) is 5.91 Å². The highest BCUT2D eigenvalue weighted by molar-refractivity contribution is 7.14. The number of amides is 1. The van der Waals surface area contributed by atoms with Gasteiger partial charge in [-0.25, -0.2) is 22.5 Å². The van der Waals surface area contributed by atoms with Gasteiger partial charge in [-0.3, -0.25) is 10.1 Å². The fraction of sp³-hybridized carbons (Fsp3) is 0. The lowest BCUT2D eigenvalue weighted by Gasteiger charge is -2.03. The van der Waals surface area contributed by atoms with Gasteiger partial charge in [-0.15, -0.1) is 11.3 Å². The van der Waals surface area contributed by atoms with Crippen LogP contribution < -0.4 is 5.32 Å². The van der Waals surface area contributed by atoms with Crippen LogP contribution in [0.15, 0.2) is 41.8 Å². The summed E-state index contributed by atoms with van der Waals surface area (Å²) in [6.45, 7) is 0. The van der Waals surface area contributed by atoms with Gasteiger partial charge < -0.3 is 0 Å². The zero-order chi connectivity index (χ0) is 17.3. The highest BCUT2D eigenvalue weighted by atomic mass is 32.1. The Morgan fingerprint density at radius 3 is 2.46 bits per heavy atom. The lowest BCUT2D eigenvalue weighted by Crippen LogP contribution is -2.13. The number of hydrogen-bond acceptors (Lipinski definition) is 3. The number of nitrogens with zero attached hydrogens (tertiary/aromatic N) is 1. The minimum Gasteiger partial charge on any atom is -0.298 e. The molecule has 0 aliphatic carbocycles. The Bertz CT molecular complexity index is 926. The summed E-state index contributed by atoms with van der Waals surface area (Å²) in [6, 6.07) is 5.88. The lowest BCUT2D eigenvalue weighted by molar-refractivity contribution is 0.102. The monoisotopic (exact) mass is 352 g/mol. The van der Waals surface area contributed by atoms with Crippen molar-refractivity contribution in [1.29, 1.82) is 0 Å². The number of carbonyl (C=O) groups is 1. The summed E-state index contributed by atoms with van der Waals surface area (Å²) < 4.78 is 52.6. The fourth-order valence-corrected chi connectivity index (χ4v) is 2.67. The van der Waals surface area contributed by atoms with Crippen LogP contribution in [0.1, 0.15) is 10.4 Å². The average molecular weight is 352 g/mol. The molecule has 0 aliphatic heterocycles. The molecule has 1 aromatic heterocycles. The molecule has 0 atom stereocenters. The predicted molar refractivity (Wildman–Crippen MR) is 81.8 cm³/mol. The minimum absolute atomic E-state index is 0.142. The second-order valence-electron chi connectivity index (χ2n) is 4.75. The highest BCUT2D eigenvalue weighted by Crippen LogP contribution is 2.26. The van der Waals surface area contributed by atoms with E-state index in [0.717, 1.165) is 35.6 Å². The van der Waals surface area contributed by atoms with Crippen molar-refractivity contribution in [2.45, 2.75) is 0 Å². The van der Waals surface area contributed by atoms with Crippen LogP contribution in [-0.2, 0) is 0 Å². The van der Waals surface area contributed by atoms with Crippen LogP contribution in [0.4, 0.5) is 22.7 Å².